The largest absolute Gasteiger partial charge is 0.493 e. The third kappa shape index (κ3) is 6.05. The molecule has 200 valence electrons. The maximum atomic E-state index is 12.7. The Kier molecular flexibility index (Phi) is 8.53. The number of ether oxygens (including phenoxy) is 3. The van der Waals surface area contributed by atoms with E-state index in [4.69, 9.17) is 23.7 Å². The molecule has 4 rings (SSSR count). The van der Waals surface area contributed by atoms with Crippen molar-refractivity contribution in [3.8, 4) is 45.7 Å². The minimum Gasteiger partial charge on any atom is -0.493 e. The summed E-state index contributed by atoms with van der Waals surface area (Å²) in [4.78, 5) is 18.9. The van der Waals surface area contributed by atoms with Crippen molar-refractivity contribution in [1.82, 2.24) is 10.3 Å². The molecule has 39 heavy (non-hydrogen) atoms. The fraction of sp³-hybridized carbons (Fsp3) is 0.222. The summed E-state index contributed by atoms with van der Waals surface area (Å²) in [6.07, 6.45) is 1.54. The predicted molar refractivity (Wildman–Crippen MR) is 146 cm³/mol. The van der Waals surface area contributed by atoms with Gasteiger partial charge in [0.15, 0.2) is 11.5 Å². The van der Waals surface area contributed by atoms with Crippen LogP contribution in [0.5, 0.6) is 17.2 Å². The van der Waals surface area contributed by atoms with Gasteiger partial charge in [-0.05, 0) is 23.8 Å². The van der Waals surface area contributed by atoms with Crippen LogP contribution in [0.4, 0.5) is 5.88 Å². The molecule has 0 radical (unpaired) electrons. The lowest BCUT2D eigenvalue weighted by Crippen LogP contribution is -2.53. The standard InChI is InChI=1S/C27H26N6O5S/c1-32(2)33-15-25(38-31-33)30-24(34)16-39-27-20(14-28)19(13-21(29-27)17-9-7-6-8-10-17)18-11-22(35-3)26(37-5)23(12-18)36-4/h6-13,15H,16H2,1-5H3/p+1. The van der Waals surface area contributed by atoms with Gasteiger partial charge in [-0.3, -0.25) is 14.6 Å². The van der Waals surface area contributed by atoms with Gasteiger partial charge in [-0.2, -0.15) is 10.3 Å². The first-order valence-corrected chi connectivity index (χ1v) is 12.7. The van der Waals surface area contributed by atoms with Crippen molar-refractivity contribution in [2.75, 3.05) is 51.5 Å². The fourth-order valence-electron chi connectivity index (χ4n) is 3.74. The van der Waals surface area contributed by atoms with Crippen molar-refractivity contribution in [2.24, 2.45) is 0 Å². The van der Waals surface area contributed by atoms with Gasteiger partial charge < -0.3 is 14.2 Å². The van der Waals surface area contributed by atoms with Crippen LogP contribution < -0.4 is 29.3 Å². The molecule has 2 aromatic carbocycles. The van der Waals surface area contributed by atoms with Gasteiger partial charge in [0.25, 0.3) is 6.20 Å². The van der Waals surface area contributed by atoms with Crippen molar-refractivity contribution in [3.05, 3.63) is 60.3 Å². The summed E-state index contributed by atoms with van der Waals surface area (Å²) >= 11 is 1.15. The van der Waals surface area contributed by atoms with E-state index in [0.717, 1.165) is 17.3 Å². The van der Waals surface area contributed by atoms with E-state index in [-0.39, 0.29) is 17.5 Å². The third-order valence-electron chi connectivity index (χ3n) is 5.61. The molecule has 4 aromatic rings. The van der Waals surface area contributed by atoms with Gasteiger partial charge >= 0.3 is 5.88 Å². The molecule has 2 heterocycles. The number of nitriles is 1. The highest BCUT2D eigenvalue weighted by molar-refractivity contribution is 8.00. The highest BCUT2D eigenvalue weighted by Gasteiger charge is 2.22. The number of methoxy groups -OCH3 is 3. The normalized spacial score (nSPS) is 10.5. The van der Waals surface area contributed by atoms with Crippen LogP contribution >= 0.6 is 11.8 Å². The maximum Gasteiger partial charge on any atom is 0.305 e. The first kappa shape index (κ1) is 27.3. The van der Waals surface area contributed by atoms with E-state index in [0.29, 0.717) is 44.7 Å². The maximum absolute atomic E-state index is 12.7. The Morgan fingerprint density at radius 2 is 1.77 bits per heavy atom. The van der Waals surface area contributed by atoms with E-state index in [1.165, 1.54) is 26.1 Å². The summed E-state index contributed by atoms with van der Waals surface area (Å²) in [6.45, 7) is 0. The van der Waals surface area contributed by atoms with Crippen LogP contribution in [0.1, 0.15) is 5.56 Å². The van der Waals surface area contributed by atoms with Gasteiger partial charge in [0.2, 0.25) is 16.9 Å². The van der Waals surface area contributed by atoms with Crippen molar-refractivity contribution >= 4 is 23.6 Å². The van der Waals surface area contributed by atoms with E-state index >= 15 is 0 Å². The van der Waals surface area contributed by atoms with Crippen molar-refractivity contribution in [3.63, 3.8) is 0 Å². The third-order valence-corrected chi connectivity index (χ3v) is 6.59. The minimum atomic E-state index is -0.341. The number of anilines is 1. The Morgan fingerprint density at radius 1 is 1.08 bits per heavy atom. The lowest BCUT2D eigenvalue weighted by molar-refractivity contribution is -0.753. The zero-order chi connectivity index (χ0) is 27.9. The minimum absolute atomic E-state index is 0.0166. The van der Waals surface area contributed by atoms with Gasteiger partial charge in [-0.1, -0.05) is 42.1 Å². The topological polar surface area (TPSA) is 127 Å². The average Bonchev–Trinajstić information content (AvgIpc) is 3.43. The Balaban J connectivity index is 1.74. The van der Waals surface area contributed by atoms with Crippen LogP contribution in [-0.4, -0.2) is 57.3 Å². The van der Waals surface area contributed by atoms with Crippen molar-refractivity contribution < 1.29 is 28.3 Å². The number of hydrogen-bond acceptors (Lipinski definition) is 10. The molecular formula is C27H27N6O5S+. The first-order chi connectivity index (χ1) is 18.9. The molecule has 0 fully saturated rings. The van der Waals surface area contributed by atoms with Crippen LogP contribution in [0, 0.1) is 11.3 Å². The average molecular weight is 548 g/mol. The zero-order valence-electron chi connectivity index (χ0n) is 22.1. The molecule has 0 spiro atoms. The molecule has 12 heteroatoms. The van der Waals surface area contributed by atoms with Gasteiger partial charge in [0.05, 0.1) is 57.2 Å². The summed E-state index contributed by atoms with van der Waals surface area (Å²) in [6, 6.07) is 17.2. The second-order valence-electron chi connectivity index (χ2n) is 8.30. The van der Waals surface area contributed by atoms with Crippen LogP contribution in [0.2, 0.25) is 0 Å². The molecule has 0 atom stereocenters. The summed E-state index contributed by atoms with van der Waals surface area (Å²) in [5.74, 6) is 1.17. The van der Waals surface area contributed by atoms with Gasteiger partial charge in [-0.25, -0.2) is 4.98 Å². The highest BCUT2D eigenvalue weighted by atomic mass is 32.2. The molecular weight excluding hydrogens is 520 g/mol. The Bertz CT molecular complexity index is 1490. The van der Waals surface area contributed by atoms with Gasteiger partial charge in [-0.15, -0.1) is 0 Å². The number of rotatable bonds is 10. The van der Waals surface area contributed by atoms with Gasteiger partial charge in [0.1, 0.15) is 11.1 Å². The highest BCUT2D eigenvalue weighted by Crippen LogP contribution is 2.43. The number of carbonyl (C=O) groups is 1. The molecule has 0 aliphatic carbocycles. The Labute approximate surface area is 229 Å². The van der Waals surface area contributed by atoms with E-state index in [2.05, 4.69) is 16.7 Å². The van der Waals surface area contributed by atoms with E-state index in [9.17, 15) is 10.1 Å². The molecule has 2 aromatic heterocycles. The summed E-state index contributed by atoms with van der Waals surface area (Å²) in [7, 11) is 8.15. The number of amides is 1. The Morgan fingerprint density at radius 3 is 2.33 bits per heavy atom. The number of hydrogen-bond donors (Lipinski definition) is 1. The van der Waals surface area contributed by atoms with Crippen molar-refractivity contribution in [2.45, 2.75) is 5.03 Å². The Hall–Kier alpha value is -4.76. The number of thioether (sulfide) groups is 1. The lowest BCUT2D eigenvalue weighted by atomic mass is 9.98. The number of aromatic nitrogens is 3. The number of benzene rings is 2. The number of carbonyl (C=O) groups excluding carboxylic acids is 1. The fourth-order valence-corrected chi connectivity index (χ4v) is 4.55. The molecule has 1 amide bonds. The van der Waals surface area contributed by atoms with Crippen LogP contribution in [0.3, 0.4) is 0 Å². The van der Waals surface area contributed by atoms with Crippen LogP contribution in [-0.2, 0) is 4.79 Å². The number of pyridine rings is 1. The summed E-state index contributed by atoms with van der Waals surface area (Å²) < 4.78 is 21.7. The molecule has 0 bridgehead atoms. The molecule has 11 nitrogen and oxygen atoms in total. The first-order valence-electron chi connectivity index (χ1n) is 11.7. The molecule has 0 aliphatic heterocycles. The summed E-state index contributed by atoms with van der Waals surface area (Å²) in [5, 5.41) is 18.8. The smallest absolute Gasteiger partial charge is 0.305 e. The SMILES string of the molecule is COc1cc(-c2cc(-c3ccccc3)nc(SCC(=O)Nc3c[n+](N(C)C)no3)c2C#N)cc(OC)c1OC. The molecule has 0 saturated heterocycles. The second-order valence-corrected chi connectivity index (χ2v) is 9.26. The van der Waals surface area contributed by atoms with E-state index in [1.54, 1.807) is 37.4 Å². The molecule has 1 N–H and O–H groups in total. The van der Waals surface area contributed by atoms with Crippen LogP contribution in [0.25, 0.3) is 22.4 Å². The van der Waals surface area contributed by atoms with Crippen LogP contribution in [0.15, 0.2) is 64.3 Å². The molecule has 0 saturated carbocycles. The quantitative estimate of drug-likeness (QED) is 0.233. The monoisotopic (exact) mass is 547 g/mol. The lowest BCUT2D eigenvalue weighted by Gasteiger charge is -2.16. The molecule has 0 unspecified atom stereocenters. The van der Waals surface area contributed by atoms with E-state index < -0.39 is 0 Å². The second kappa shape index (κ2) is 12.2. The summed E-state index contributed by atoms with van der Waals surface area (Å²) in [5.41, 5.74) is 3.09. The number of nitrogens with zero attached hydrogens (tertiary/aromatic N) is 5. The van der Waals surface area contributed by atoms with E-state index in [1.807, 2.05) is 36.4 Å². The number of nitrogens with one attached hydrogen (secondary N) is 1. The van der Waals surface area contributed by atoms with Crippen molar-refractivity contribution in [1.29, 1.82) is 5.26 Å². The molecule has 0 aliphatic rings. The predicted octanol–water partition coefficient (Wildman–Crippen LogP) is 3.52. The zero-order valence-corrected chi connectivity index (χ0v) is 22.9. The van der Waals surface area contributed by atoms with Gasteiger partial charge in [0, 0.05) is 11.1 Å².